The maximum absolute atomic E-state index is 9.47. The van der Waals surface area contributed by atoms with Crippen LogP contribution in [0.5, 0.6) is 0 Å². The molecule has 0 spiro atoms. The van der Waals surface area contributed by atoms with Gasteiger partial charge in [0.2, 0.25) is 0 Å². The van der Waals surface area contributed by atoms with E-state index in [0.29, 0.717) is 5.92 Å². The minimum Gasteiger partial charge on any atom is -0.378 e. The van der Waals surface area contributed by atoms with E-state index in [9.17, 15) is 5.11 Å². The molecule has 1 aliphatic rings. The first kappa shape index (κ1) is 7.76. The molecular formula is C8H15NO. The second-order valence-electron chi connectivity index (χ2n) is 2.96. The molecule has 2 nitrogen and oxygen atoms in total. The minimum absolute atomic E-state index is 0.238. The normalized spacial score (nSPS) is 34.6. The molecular weight excluding hydrogens is 126 g/mol. The van der Waals surface area contributed by atoms with E-state index in [-0.39, 0.29) is 6.23 Å². The van der Waals surface area contributed by atoms with Crippen molar-refractivity contribution >= 4 is 0 Å². The van der Waals surface area contributed by atoms with Crippen LogP contribution in [-0.2, 0) is 0 Å². The zero-order chi connectivity index (χ0) is 7.56. The molecule has 1 N–H and O–H groups in total. The summed E-state index contributed by atoms with van der Waals surface area (Å²) in [5, 5.41) is 9.47. The van der Waals surface area contributed by atoms with Gasteiger partial charge in [-0.05, 0) is 12.3 Å². The van der Waals surface area contributed by atoms with Gasteiger partial charge >= 0.3 is 0 Å². The van der Waals surface area contributed by atoms with E-state index in [2.05, 4.69) is 13.5 Å². The van der Waals surface area contributed by atoms with Crippen molar-refractivity contribution in [2.24, 2.45) is 5.92 Å². The summed E-state index contributed by atoms with van der Waals surface area (Å²) in [6.07, 6.45) is 2.70. The molecule has 0 aromatic rings. The Kier molecular flexibility index (Phi) is 2.46. The van der Waals surface area contributed by atoms with E-state index in [1.54, 1.807) is 0 Å². The Balaban J connectivity index is 2.40. The molecule has 1 aliphatic heterocycles. The highest BCUT2D eigenvalue weighted by molar-refractivity contribution is 4.82. The highest BCUT2D eigenvalue weighted by Gasteiger charge is 2.27. The van der Waals surface area contributed by atoms with Crippen LogP contribution in [-0.4, -0.2) is 29.3 Å². The van der Waals surface area contributed by atoms with E-state index in [1.807, 2.05) is 11.0 Å². The molecule has 1 saturated heterocycles. The zero-order valence-corrected chi connectivity index (χ0v) is 6.45. The Hall–Kier alpha value is -0.340. The molecule has 2 atom stereocenters. The van der Waals surface area contributed by atoms with Gasteiger partial charge in [-0.2, -0.15) is 0 Å². The fourth-order valence-corrected chi connectivity index (χ4v) is 1.38. The number of aliphatic hydroxyl groups is 1. The van der Waals surface area contributed by atoms with Crippen molar-refractivity contribution in [1.82, 2.24) is 4.90 Å². The lowest BCUT2D eigenvalue weighted by molar-refractivity contribution is 0.0199. The number of likely N-dealkylation sites (tertiary alicyclic amines) is 1. The quantitative estimate of drug-likeness (QED) is 0.576. The van der Waals surface area contributed by atoms with E-state index in [1.165, 1.54) is 0 Å². The molecule has 0 radical (unpaired) electrons. The lowest BCUT2D eigenvalue weighted by atomic mass is 10.1. The number of rotatable bonds is 2. The van der Waals surface area contributed by atoms with Gasteiger partial charge in [0, 0.05) is 13.1 Å². The molecule has 1 heterocycles. The van der Waals surface area contributed by atoms with Crippen LogP contribution in [0, 0.1) is 5.92 Å². The molecule has 58 valence electrons. The van der Waals surface area contributed by atoms with Crippen molar-refractivity contribution in [2.45, 2.75) is 19.6 Å². The SMILES string of the molecule is C=CCN1CCC(C)C1O. The average molecular weight is 141 g/mol. The van der Waals surface area contributed by atoms with Crippen LogP contribution in [0.25, 0.3) is 0 Å². The van der Waals surface area contributed by atoms with Gasteiger partial charge in [0.25, 0.3) is 0 Å². The summed E-state index contributed by atoms with van der Waals surface area (Å²) in [7, 11) is 0. The molecule has 0 amide bonds. The van der Waals surface area contributed by atoms with Crippen molar-refractivity contribution in [1.29, 1.82) is 0 Å². The average Bonchev–Trinajstić information content (AvgIpc) is 2.20. The molecule has 0 bridgehead atoms. The Morgan fingerprint density at radius 3 is 2.90 bits per heavy atom. The Labute approximate surface area is 62.2 Å². The summed E-state index contributed by atoms with van der Waals surface area (Å²) in [6, 6.07) is 0. The number of nitrogens with zero attached hydrogens (tertiary/aromatic N) is 1. The summed E-state index contributed by atoms with van der Waals surface area (Å²) < 4.78 is 0. The van der Waals surface area contributed by atoms with Crippen molar-refractivity contribution < 1.29 is 5.11 Å². The van der Waals surface area contributed by atoms with Gasteiger partial charge in [-0.3, -0.25) is 4.90 Å². The summed E-state index contributed by atoms with van der Waals surface area (Å²) in [5.41, 5.74) is 0. The standard InChI is InChI=1S/C8H15NO/c1-3-5-9-6-4-7(2)8(9)10/h3,7-8,10H,1,4-6H2,2H3. The van der Waals surface area contributed by atoms with Crippen LogP contribution >= 0.6 is 0 Å². The first-order valence-electron chi connectivity index (χ1n) is 3.78. The lowest BCUT2D eigenvalue weighted by Gasteiger charge is -2.19. The molecule has 1 rings (SSSR count). The third-order valence-corrected chi connectivity index (χ3v) is 2.12. The lowest BCUT2D eigenvalue weighted by Crippen LogP contribution is -2.31. The first-order chi connectivity index (χ1) is 4.75. The summed E-state index contributed by atoms with van der Waals surface area (Å²) in [6.45, 7) is 7.53. The van der Waals surface area contributed by atoms with Gasteiger partial charge in [-0.15, -0.1) is 6.58 Å². The third-order valence-electron chi connectivity index (χ3n) is 2.12. The predicted octanol–water partition coefficient (Wildman–Crippen LogP) is 0.833. The maximum atomic E-state index is 9.47. The molecule has 0 aliphatic carbocycles. The van der Waals surface area contributed by atoms with Crippen LogP contribution in [0.3, 0.4) is 0 Å². The number of hydrogen-bond donors (Lipinski definition) is 1. The van der Waals surface area contributed by atoms with Gasteiger partial charge in [0.15, 0.2) is 0 Å². The molecule has 1 fully saturated rings. The highest BCUT2D eigenvalue weighted by atomic mass is 16.3. The molecule has 0 saturated carbocycles. The summed E-state index contributed by atoms with van der Waals surface area (Å²) in [4.78, 5) is 2.04. The molecule has 0 aromatic carbocycles. The van der Waals surface area contributed by atoms with E-state index in [4.69, 9.17) is 0 Å². The first-order valence-corrected chi connectivity index (χ1v) is 3.78. The second-order valence-corrected chi connectivity index (χ2v) is 2.96. The van der Waals surface area contributed by atoms with Gasteiger partial charge in [-0.25, -0.2) is 0 Å². The molecule has 0 aromatic heterocycles. The smallest absolute Gasteiger partial charge is 0.110 e. The topological polar surface area (TPSA) is 23.5 Å². The molecule has 10 heavy (non-hydrogen) atoms. The van der Waals surface area contributed by atoms with Crippen molar-refractivity contribution in [3.8, 4) is 0 Å². The van der Waals surface area contributed by atoms with E-state index in [0.717, 1.165) is 19.5 Å². The van der Waals surface area contributed by atoms with Crippen LogP contribution in [0.15, 0.2) is 12.7 Å². The summed E-state index contributed by atoms with van der Waals surface area (Å²) in [5.74, 6) is 0.431. The van der Waals surface area contributed by atoms with Crippen LogP contribution in [0.2, 0.25) is 0 Å². The van der Waals surface area contributed by atoms with Gasteiger partial charge in [0.05, 0.1) is 0 Å². The number of aliphatic hydroxyl groups excluding tert-OH is 1. The van der Waals surface area contributed by atoms with Gasteiger partial charge in [0.1, 0.15) is 6.23 Å². The molecule has 2 unspecified atom stereocenters. The minimum atomic E-state index is -0.238. The monoisotopic (exact) mass is 141 g/mol. The van der Waals surface area contributed by atoms with Gasteiger partial charge in [-0.1, -0.05) is 13.0 Å². The van der Waals surface area contributed by atoms with Crippen LogP contribution in [0.1, 0.15) is 13.3 Å². The zero-order valence-electron chi connectivity index (χ0n) is 6.45. The van der Waals surface area contributed by atoms with Crippen molar-refractivity contribution in [2.75, 3.05) is 13.1 Å². The second kappa shape index (κ2) is 3.17. The van der Waals surface area contributed by atoms with Crippen molar-refractivity contribution in [3.63, 3.8) is 0 Å². The van der Waals surface area contributed by atoms with E-state index < -0.39 is 0 Å². The maximum Gasteiger partial charge on any atom is 0.110 e. The fraction of sp³-hybridized carbons (Fsp3) is 0.750. The Morgan fingerprint density at radius 1 is 1.80 bits per heavy atom. The van der Waals surface area contributed by atoms with Crippen molar-refractivity contribution in [3.05, 3.63) is 12.7 Å². The fourth-order valence-electron chi connectivity index (χ4n) is 1.38. The largest absolute Gasteiger partial charge is 0.378 e. The number of hydrogen-bond acceptors (Lipinski definition) is 2. The van der Waals surface area contributed by atoms with Crippen LogP contribution in [0.4, 0.5) is 0 Å². The molecule has 2 heteroatoms. The predicted molar refractivity (Wildman–Crippen MR) is 41.6 cm³/mol. The van der Waals surface area contributed by atoms with Gasteiger partial charge < -0.3 is 5.11 Å². The van der Waals surface area contributed by atoms with Crippen LogP contribution < -0.4 is 0 Å². The Morgan fingerprint density at radius 2 is 2.50 bits per heavy atom. The summed E-state index contributed by atoms with van der Waals surface area (Å²) >= 11 is 0. The van der Waals surface area contributed by atoms with E-state index >= 15 is 0 Å². The Bertz CT molecular complexity index is 124. The highest BCUT2D eigenvalue weighted by Crippen LogP contribution is 2.20. The third kappa shape index (κ3) is 1.39.